The van der Waals surface area contributed by atoms with Crippen LogP contribution in [-0.4, -0.2) is 32.7 Å². The van der Waals surface area contributed by atoms with Crippen molar-refractivity contribution in [3.63, 3.8) is 0 Å². The van der Waals surface area contributed by atoms with Crippen LogP contribution in [0.1, 0.15) is 29.6 Å². The van der Waals surface area contributed by atoms with Gasteiger partial charge in [0.1, 0.15) is 0 Å². The molecule has 0 bridgehead atoms. The first-order valence-corrected chi connectivity index (χ1v) is 7.03. The molecule has 1 heterocycles. The molecule has 2 N–H and O–H groups in total. The van der Waals surface area contributed by atoms with E-state index < -0.39 is 5.82 Å². The van der Waals surface area contributed by atoms with Crippen molar-refractivity contribution < 1.29 is 13.9 Å². The van der Waals surface area contributed by atoms with Crippen LogP contribution in [0, 0.1) is 11.7 Å². The van der Waals surface area contributed by atoms with Crippen LogP contribution < -0.4 is 15.4 Å². The predicted octanol–water partition coefficient (Wildman–Crippen LogP) is 2.38. The highest BCUT2D eigenvalue weighted by molar-refractivity contribution is 5.94. The molecular formula is C15H22ClFN2O2. The lowest BCUT2D eigenvalue weighted by atomic mass is 9.96. The maximum atomic E-state index is 13.5. The molecule has 1 saturated heterocycles. The summed E-state index contributed by atoms with van der Waals surface area (Å²) in [5.74, 6) is 0.0124. The van der Waals surface area contributed by atoms with E-state index >= 15 is 0 Å². The molecule has 1 aromatic rings. The summed E-state index contributed by atoms with van der Waals surface area (Å²) in [4.78, 5) is 11.9. The molecule has 118 valence electrons. The average Bonchev–Trinajstić information content (AvgIpc) is 2.48. The van der Waals surface area contributed by atoms with Crippen LogP contribution in [0.25, 0.3) is 0 Å². The third kappa shape index (κ3) is 5.17. The lowest BCUT2D eigenvalue weighted by molar-refractivity contribution is 0.0950. The number of ether oxygens (including phenoxy) is 1. The minimum Gasteiger partial charge on any atom is -0.494 e. The number of amides is 1. The zero-order valence-corrected chi connectivity index (χ0v) is 13.0. The molecule has 1 aliphatic heterocycles. The zero-order chi connectivity index (χ0) is 14.4. The summed E-state index contributed by atoms with van der Waals surface area (Å²) in [6, 6.07) is 4.24. The minimum absolute atomic E-state index is 0. The SMILES string of the molecule is COc1ccc(C(=O)NCCC2CCCNC2)cc1F.Cl. The Morgan fingerprint density at radius 3 is 2.95 bits per heavy atom. The van der Waals surface area contributed by atoms with E-state index in [-0.39, 0.29) is 24.1 Å². The van der Waals surface area contributed by atoms with Crippen molar-refractivity contribution in [2.24, 2.45) is 5.92 Å². The number of carbonyl (C=O) groups is 1. The van der Waals surface area contributed by atoms with Crippen LogP contribution in [0.2, 0.25) is 0 Å². The fourth-order valence-electron chi connectivity index (χ4n) is 2.47. The maximum Gasteiger partial charge on any atom is 0.251 e. The maximum absolute atomic E-state index is 13.5. The van der Waals surface area contributed by atoms with E-state index in [1.807, 2.05) is 0 Å². The third-order valence-corrected chi connectivity index (χ3v) is 3.65. The number of hydrogen-bond acceptors (Lipinski definition) is 3. The monoisotopic (exact) mass is 316 g/mol. The quantitative estimate of drug-likeness (QED) is 0.877. The van der Waals surface area contributed by atoms with Gasteiger partial charge in [-0.1, -0.05) is 0 Å². The number of halogens is 2. The van der Waals surface area contributed by atoms with Crippen molar-refractivity contribution in [2.75, 3.05) is 26.7 Å². The summed E-state index contributed by atoms with van der Waals surface area (Å²) >= 11 is 0. The Morgan fingerprint density at radius 1 is 1.52 bits per heavy atom. The third-order valence-electron chi connectivity index (χ3n) is 3.65. The van der Waals surface area contributed by atoms with Gasteiger partial charge in [-0.25, -0.2) is 4.39 Å². The first-order chi connectivity index (χ1) is 9.70. The van der Waals surface area contributed by atoms with Crippen LogP contribution in [0.5, 0.6) is 5.75 Å². The van der Waals surface area contributed by atoms with Crippen molar-refractivity contribution >= 4 is 18.3 Å². The second-order valence-electron chi connectivity index (χ2n) is 5.11. The van der Waals surface area contributed by atoms with E-state index in [1.165, 1.54) is 32.1 Å². The molecule has 1 atom stereocenters. The Hall–Kier alpha value is -1.33. The van der Waals surface area contributed by atoms with E-state index in [2.05, 4.69) is 10.6 Å². The van der Waals surface area contributed by atoms with Crippen molar-refractivity contribution in [2.45, 2.75) is 19.3 Å². The number of hydrogen-bond donors (Lipinski definition) is 2. The van der Waals surface area contributed by atoms with Crippen molar-refractivity contribution in [3.8, 4) is 5.75 Å². The van der Waals surface area contributed by atoms with E-state index in [9.17, 15) is 9.18 Å². The van der Waals surface area contributed by atoms with Gasteiger partial charge in [0.25, 0.3) is 5.91 Å². The highest BCUT2D eigenvalue weighted by Gasteiger charge is 2.14. The summed E-state index contributed by atoms with van der Waals surface area (Å²) in [5, 5.41) is 6.19. The van der Waals surface area contributed by atoms with E-state index in [4.69, 9.17) is 4.74 Å². The van der Waals surface area contributed by atoms with Crippen LogP contribution in [-0.2, 0) is 0 Å². The van der Waals surface area contributed by atoms with E-state index in [1.54, 1.807) is 6.07 Å². The van der Waals surface area contributed by atoms with Crippen LogP contribution in [0.3, 0.4) is 0 Å². The largest absolute Gasteiger partial charge is 0.494 e. The van der Waals surface area contributed by atoms with Crippen LogP contribution in [0.4, 0.5) is 4.39 Å². The topological polar surface area (TPSA) is 50.4 Å². The van der Waals surface area contributed by atoms with E-state index in [0.29, 0.717) is 18.0 Å². The van der Waals surface area contributed by atoms with Crippen LogP contribution >= 0.6 is 12.4 Å². The number of benzene rings is 1. The standard InChI is InChI=1S/C15H21FN2O2.ClH/c1-20-14-5-4-12(9-13(14)16)15(19)18-8-6-11-3-2-7-17-10-11;/h4-5,9,11,17H,2-3,6-8,10H2,1H3,(H,18,19);1H. The zero-order valence-electron chi connectivity index (χ0n) is 12.2. The molecule has 1 fully saturated rings. The van der Waals surface area contributed by atoms with Gasteiger partial charge in [0.15, 0.2) is 11.6 Å². The number of nitrogens with one attached hydrogen (secondary N) is 2. The molecule has 0 spiro atoms. The summed E-state index contributed by atoms with van der Waals surface area (Å²) in [6.45, 7) is 2.74. The highest BCUT2D eigenvalue weighted by atomic mass is 35.5. The molecular weight excluding hydrogens is 295 g/mol. The smallest absolute Gasteiger partial charge is 0.251 e. The number of methoxy groups -OCH3 is 1. The highest BCUT2D eigenvalue weighted by Crippen LogP contribution is 2.18. The molecule has 1 aromatic carbocycles. The Labute approximate surface area is 130 Å². The van der Waals surface area contributed by atoms with Crippen LogP contribution in [0.15, 0.2) is 18.2 Å². The summed E-state index contributed by atoms with van der Waals surface area (Å²) in [6.07, 6.45) is 3.36. The van der Waals surface area contributed by atoms with Gasteiger partial charge in [-0.15, -0.1) is 12.4 Å². The Morgan fingerprint density at radius 2 is 2.33 bits per heavy atom. The molecule has 0 aliphatic carbocycles. The molecule has 6 heteroatoms. The normalized spacial score (nSPS) is 17.7. The lowest BCUT2D eigenvalue weighted by Crippen LogP contribution is -2.33. The minimum atomic E-state index is -0.517. The average molecular weight is 317 g/mol. The Bertz CT molecular complexity index is 465. The van der Waals surface area contributed by atoms with Gasteiger partial charge in [0, 0.05) is 12.1 Å². The molecule has 4 nitrogen and oxygen atoms in total. The summed E-state index contributed by atoms with van der Waals surface area (Å²) in [7, 11) is 1.40. The molecule has 0 aromatic heterocycles. The van der Waals surface area contributed by atoms with Crippen molar-refractivity contribution in [3.05, 3.63) is 29.6 Å². The molecule has 1 amide bonds. The van der Waals surface area contributed by atoms with E-state index in [0.717, 1.165) is 19.5 Å². The first kappa shape index (κ1) is 17.7. The number of carbonyl (C=O) groups excluding carboxylic acids is 1. The summed E-state index contributed by atoms with van der Waals surface area (Å²) in [5.41, 5.74) is 0.324. The number of piperidine rings is 1. The second kappa shape index (κ2) is 8.85. The fraction of sp³-hybridized carbons (Fsp3) is 0.533. The molecule has 0 radical (unpaired) electrons. The van der Waals surface area contributed by atoms with Gasteiger partial charge in [-0.3, -0.25) is 4.79 Å². The van der Waals surface area contributed by atoms with Gasteiger partial charge in [-0.2, -0.15) is 0 Å². The Kier molecular flexibility index (Phi) is 7.47. The molecule has 2 rings (SSSR count). The summed E-state index contributed by atoms with van der Waals surface area (Å²) < 4.78 is 18.3. The van der Waals surface area contributed by atoms with Gasteiger partial charge < -0.3 is 15.4 Å². The molecule has 1 unspecified atom stereocenters. The molecule has 21 heavy (non-hydrogen) atoms. The van der Waals surface area contributed by atoms with Gasteiger partial charge in [0.2, 0.25) is 0 Å². The van der Waals surface area contributed by atoms with Crippen molar-refractivity contribution in [1.82, 2.24) is 10.6 Å². The lowest BCUT2D eigenvalue weighted by Gasteiger charge is -2.22. The molecule has 1 aliphatic rings. The predicted molar refractivity (Wildman–Crippen MR) is 82.7 cm³/mol. The van der Waals surface area contributed by atoms with Gasteiger partial charge in [0.05, 0.1) is 7.11 Å². The van der Waals surface area contributed by atoms with Gasteiger partial charge >= 0.3 is 0 Å². The van der Waals surface area contributed by atoms with Crippen molar-refractivity contribution in [1.29, 1.82) is 0 Å². The first-order valence-electron chi connectivity index (χ1n) is 7.03. The second-order valence-corrected chi connectivity index (χ2v) is 5.11. The van der Waals surface area contributed by atoms with Gasteiger partial charge in [-0.05, 0) is 56.5 Å². The fourth-order valence-corrected chi connectivity index (χ4v) is 2.47. The Balaban J connectivity index is 0.00000220. The molecule has 0 saturated carbocycles. The number of rotatable bonds is 5.